The van der Waals surface area contributed by atoms with Gasteiger partial charge in [0, 0.05) is 11.2 Å². The normalized spacial score (nSPS) is 9.00. The van der Waals surface area contributed by atoms with E-state index in [9.17, 15) is 5.21 Å². The molecular formula is C4H5N3O. The van der Waals surface area contributed by atoms with Crippen molar-refractivity contribution in [1.29, 1.82) is 0 Å². The van der Waals surface area contributed by atoms with Crippen molar-refractivity contribution in [2.75, 3.05) is 5.73 Å². The number of nitrogens with zero attached hydrogens (tertiary/aromatic N) is 2. The van der Waals surface area contributed by atoms with Crippen LogP contribution >= 0.6 is 0 Å². The summed E-state index contributed by atoms with van der Waals surface area (Å²) < 4.78 is 0. The van der Waals surface area contributed by atoms with Crippen LogP contribution in [0, 0.1) is 5.21 Å². The van der Waals surface area contributed by atoms with Crippen LogP contribution in [0.3, 0.4) is 0 Å². The minimum absolute atomic E-state index is 0.441. The molecule has 42 valence electrons. The first-order chi connectivity index (χ1) is 3.79. The highest BCUT2D eigenvalue weighted by molar-refractivity contribution is 5.30. The predicted octanol–water partition coefficient (Wildman–Crippen LogP) is -0.703. The summed E-state index contributed by atoms with van der Waals surface area (Å²) in [6.45, 7) is 0. The van der Waals surface area contributed by atoms with Gasteiger partial charge in [0.1, 0.15) is 6.20 Å². The molecule has 0 aliphatic rings. The van der Waals surface area contributed by atoms with Gasteiger partial charge in [0.25, 0.3) is 0 Å². The van der Waals surface area contributed by atoms with Gasteiger partial charge in [-0.15, -0.1) is 0 Å². The number of aromatic nitrogens is 2. The molecule has 2 N–H and O–H groups in total. The molecule has 0 unspecified atom stereocenters. The number of rotatable bonds is 0. The van der Waals surface area contributed by atoms with E-state index in [0.29, 0.717) is 10.5 Å². The highest BCUT2D eigenvalue weighted by atomic mass is 16.5. The quantitative estimate of drug-likeness (QED) is 0.355. The predicted molar refractivity (Wildman–Crippen MR) is 27.6 cm³/mol. The van der Waals surface area contributed by atoms with Crippen molar-refractivity contribution in [3.8, 4) is 0 Å². The lowest BCUT2D eigenvalue weighted by atomic mass is 10.5. The third-order valence-electron chi connectivity index (χ3n) is 0.715. The lowest BCUT2D eigenvalue weighted by Gasteiger charge is -1.89. The van der Waals surface area contributed by atoms with Crippen molar-refractivity contribution >= 4 is 5.69 Å². The largest absolute Gasteiger partial charge is 0.594 e. The summed E-state index contributed by atoms with van der Waals surface area (Å²) in [5.41, 5.74) is 5.71. The average molecular weight is 111 g/mol. The van der Waals surface area contributed by atoms with Gasteiger partial charge >= 0.3 is 0 Å². The maximum atomic E-state index is 10.2. The summed E-state index contributed by atoms with van der Waals surface area (Å²) in [7, 11) is 0. The Labute approximate surface area is 46.1 Å². The fraction of sp³-hybridized carbons (Fsp3) is 0. The van der Waals surface area contributed by atoms with Crippen LogP contribution in [0.4, 0.5) is 5.69 Å². The third-order valence-corrected chi connectivity index (χ3v) is 0.715. The van der Waals surface area contributed by atoms with Crippen LogP contribution in [0.5, 0.6) is 0 Å². The van der Waals surface area contributed by atoms with Gasteiger partial charge in [-0.1, -0.05) is 4.85 Å². The molecule has 0 aromatic carbocycles. The molecular weight excluding hydrogens is 106 g/mol. The van der Waals surface area contributed by atoms with E-state index in [1.54, 1.807) is 0 Å². The second kappa shape index (κ2) is 1.65. The van der Waals surface area contributed by atoms with Crippen molar-refractivity contribution in [3.05, 3.63) is 23.7 Å². The van der Waals surface area contributed by atoms with E-state index in [0.717, 1.165) is 0 Å². The molecule has 0 fully saturated rings. The molecule has 1 aromatic heterocycles. The lowest BCUT2D eigenvalue weighted by molar-refractivity contribution is -0.669. The summed E-state index contributed by atoms with van der Waals surface area (Å²) in [5, 5.41) is 13.5. The highest BCUT2D eigenvalue weighted by Gasteiger charge is 1.86. The number of nitrogens with two attached hydrogens (primary N) is 1. The SMILES string of the molecule is Nc1cc[n+]([O-])nc1. The Kier molecular flexibility index (Phi) is 0.997. The van der Waals surface area contributed by atoms with Gasteiger partial charge < -0.3 is 10.9 Å². The van der Waals surface area contributed by atoms with Crippen LogP contribution in [0.2, 0.25) is 0 Å². The molecule has 0 amide bonds. The fourth-order valence-electron chi connectivity index (χ4n) is 0.355. The minimum Gasteiger partial charge on any atom is -0.594 e. The van der Waals surface area contributed by atoms with Gasteiger partial charge in [-0.3, -0.25) is 0 Å². The van der Waals surface area contributed by atoms with Crippen molar-refractivity contribution in [2.45, 2.75) is 0 Å². The molecule has 0 bridgehead atoms. The van der Waals surface area contributed by atoms with Crippen LogP contribution in [0.1, 0.15) is 0 Å². The van der Waals surface area contributed by atoms with Crippen molar-refractivity contribution < 1.29 is 4.85 Å². The van der Waals surface area contributed by atoms with E-state index in [4.69, 9.17) is 5.73 Å². The van der Waals surface area contributed by atoms with Crippen molar-refractivity contribution in [1.82, 2.24) is 5.10 Å². The molecule has 0 spiro atoms. The average Bonchev–Trinajstić information content (AvgIpc) is 1.77. The molecule has 1 aromatic rings. The number of anilines is 1. The second-order valence-corrected chi connectivity index (χ2v) is 1.36. The highest BCUT2D eigenvalue weighted by Crippen LogP contribution is 1.88. The van der Waals surface area contributed by atoms with E-state index in [-0.39, 0.29) is 0 Å². The van der Waals surface area contributed by atoms with E-state index in [1.807, 2.05) is 0 Å². The van der Waals surface area contributed by atoms with Crippen LogP contribution < -0.4 is 10.6 Å². The maximum Gasteiger partial charge on any atom is 0.211 e. The first kappa shape index (κ1) is 4.83. The number of nitrogen functional groups attached to an aromatic ring is 1. The Morgan fingerprint density at radius 1 is 1.75 bits per heavy atom. The zero-order valence-corrected chi connectivity index (χ0v) is 4.11. The molecule has 4 nitrogen and oxygen atoms in total. The van der Waals surface area contributed by atoms with Crippen LogP contribution in [-0.2, 0) is 0 Å². The summed E-state index contributed by atoms with van der Waals surface area (Å²) in [6, 6.07) is 1.49. The van der Waals surface area contributed by atoms with Crippen molar-refractivity contribution in [2.24, 2.45) is 0 Å². The van der Waals surface area contributed by atoms with Gasteiger partial charge in [0.05, 0.1) is 5.69 Å². The Balaban J connectivity index is 3.03. The molecule has 0 radical (unpaired) electrons. The van der Waals surface area contributed by atoms with E-state index < -0.39 is 0 Å². The van der Waals surface area contributed by atoms with Gasteiger partial charge in [-0.25, -0.2) is 0 Å². The standard InChI is InChI=1S/C4H5N3O/c5-4-1-2-7(8)6-3-4/h1-3H,5H2. The van der Waals surface area contributed by atoms with Crippen molar-refractivity contribution in [3.63, 3.8) is 0 Å². The monoisotopic (exact) mass is 111 g/mol. The van der Waals surface area contributed by atoms with E-state index in [2.05, 4.69) is 5.10 Å². The summed E-state index contributed by atoms with van der Waals surface area (Å²) >= 11 is 0. The van der Waals surface area contributed by atoms with Crippen LogP contribution in [-0.4, -0.2) is 5.10 Å². The lowest BCUT2D eigenvalue weighted by Crippen LogP contribution is -2.29. The first-order valence-corrected chi connectivity index (χ1v) is 2.10. The molecule has 0 saturated heterocycles. The topological polar surface area (TPSA) is 65.8 Å². The molecule has 1 heterocycles. The molecule has 1 rings (SSSR count). The molecule has 0 aliphatic heterocycles. The zero-order chi connectivity index (χ0) is 5.98. The minimum atomic E-state index is 0.441. The zero-order valence-electron chi connectivity index (χ0n) is 4.11. The third kappa shape index (κ3) is 0.841. The Morgan fingerprint density at radius 2 is 2.50 bits per heavy atom. The molecule has 4 heteroatoms. The second-order valence-electron chi connectivity index (χ2n) is 1.36. The summed E-state index contributed by atoms with van der Waals surface area (Å²) in [4.78, 5) is 0.441. The van der Waals surface area contributed by atoms with Crippen LogP contribution in [0.15, 0.2) is 18.5 Å². The molecule has 0 atom stereocenters. The van der Waals surface area contributed by atoms with Gasteiger partial charge in [0.15, 0.2) is 0 Å². The Morgan fingerprint density at radius 3 is 2.88 bits per heavy atom. The fourth-order valence-corrected chi connectivity index (χ4v) is 0.355. The summed E-state index contributed by atoms with van der Waals surface area (Å²) in [6.07, 6.45) is 2.54. The summed E-state index contributed by atoms with van der Waals surface area (Å²) in [5.74, 6) is 0. The first-order valence-electron chi connectivity index (χ1n) is 2.10. The maximum absolute atomic E-state index is 10.2. The smallest absolute Gasteiger partial charge is 0.211 e. The number of hydrogen-bond acceptors (Lipinski definition) is 3. The molecule has 0 saturated carbocycles. The van der Waals surface area contributed by atoms with Crippen LogP contribution in [0.25, 0.3) is 0 Å². The van der Waals surface area contributed by atoms with Gasteiger partial charge in [0.2, 0.25) is 6.20 Å². The van der Waals surface area contributed by atoms with E-state index in [1.165, 1.54) is 18.5 Å². The Hall–Kier alpha value is -1.32. The molecule has 0 aliphatic carbocycles. The number of hydrogen-bond donors (Lipinski definition) is 1. The van der Waals surface area contributed by atoms with E-state index >= 15 is 0 Å². The molecule has 8 heavy (non-hydrogen) atoms. The van der Waals surface area contributed by atoms with Gasteiger partial charge in [-0.05, 0) is 0 Å². The Bertz CT molecular complexity index is 150. The van der Waals surface area contributed by atoms with Gasteiger partial charge in [-0.2, -0.15) is 0 Å².